The SMILES string of the molecule is CCC(C)(C(O)c1cc(C)cnc1N)N1CCCC1. The van der Waals surface area contributed by atoms with Gasteiger partial charge in [-0.05, 0) is 57.8 Å². The average Bonchev–Trinajstić information content (AvgIpc) is 2.94. The number of nitrogen functional groups attached to an aromatic ring is 1. The number of hydrogen-bond acceptors (Lipinski definition) is 4. The quantitative estimate of drug-likeness (QED) is 0.874. The highest BCUT2D eigenvalue weighted by molar-refractivity contribution is 5.43. The second-order valence-electron chi connectivity index (χ2n) is 5.79. The second kappa shape index (κ2) is 5.47. The maximum absolute atomic E-state index is 10.8. The van der Waals surface area contributed by atoms with E-state index in [4.69, 9.17) is 5.73 Å². The van der Waals surface area contributed by atoms with E-state index in [2.05, 4.69) is 23.7 Å². The van der Waals surface area contributed by atoms with Crippen LogP contribution in [0.25, 0.3) is 0 Å². The number of anilines is 1. The summed E-state index contributed by atoms with van der Waals surface area (Å²) in [6.45, 7) is 8.34. The van der Waals surface area contributed by atoms with Crippen molar-refractivity contribution in [1.29, 1.82) is 0 Å². The lowest BCUT2D eigenvalue weighted by molar-refractivity contribution is -0.0137. The molecule has 19 heavy (non-hydrogen) atoms. The number of hydrogen-bond donors (Lipinski definition) is 2. The van der Waals surface area contributed by atoms with Gasteiger partial charge in [-0.3, -0.25) is 4.90 Å². The van der Waals surface area contributed by atoms with Crippen LogP contribution in [0.5, 0.6) is 0 Å². The number of aryl methyl sites for hydroxylation is 1. The molecule has 106 valence electrons. The molecule has 0 amide bonds. The molecule has 1 saturated heterocycles. The molecule has 1 aromatic rings. The maximum atomic E-state index is 10.8. The predicted molar refractivity (Wildman–Crippen MR) is 77.8 cm³/mol. The van der Waals surface area contributed by atoms with Crippen LogP contribution in [-0.4, -0.2) is 33.6 Å². The molecule has 1 aromatic heterocycles. The summed E-state index contributed by atoms with van der Waals surface area (Å²) < 4.78 is 0. The zero-order valence-electron chi connectivity index (χ0n) is 12.2. The second-order valence-corrected chi connectivity index (χ2v) is 5.79. The van der Waals surface area contributed by atoms with E-state index >= 15 is 0 Å². The van der Waals surface area contributed by atoms with Gasteiger partial charge in [0.15, 0.2) is 0 Å². The van der Waals surface area contributed by atoms with Gasteiger partial charge in [0.1, 0.15) is 11.9 Å². The highest BCUT2D eigenvalue weighted by atomic mass is 16.3. The van der Waals surface area contributed by atoms with Gasteiger partial charge in [0.2, 0.25) is 0 Å². The van der Waals surface area contributed by atoms with Crippen LogP contribution in [0.4, 0.5) is 5.82 Å². The van der Waals surface area contributed by atoms with E-state index in [9.17, 15) is 5.11 Å². The average molecular weight is 263 g/mol. The summed E-state index contributed by atoms with van der Waals surface area (Å²) in [5, 5.41) is 10.8. The Balaban J connectivity index is 2.34. The van der Waals surface area contributed by atoms with E-state index in [1.165, 1.54) is 12.8 Å². The van der Waals surface area contributed by atoms with E-state index < -0.39 is 6.10 Å². The zero-order chi connectivity index (χ0) is 14.0. The third-order valence-corrected chi connectivity index (χ3v) is 4.51. The first kappa shape index (κ1) is 14.3. The van der Waals surface area contributed by atoms with Crippen molar-refractivity contribution in [3.05, 3.63) is 23.4 Å². The molecule has 0 bridgehead atoms. The molecule has 1 aliphatic rings. The van der Waals surface area contributed by atoms with Crippen molar-refractivity contribution in [2.24, 2.45) is 0 Å². The number of rotatable bonds is 4. The van der Waals surface area contributed by atoms with Crippen molar-refractivity contribution in [1.82, 2.24) is 9.88 Å². The molecule has 2 heterocycles. The Morgan fingerprint density at radius 2 is 2.11 bits per heavy atom. The van der Waals surface area contributed by atoms with Crippen molar-refractivity contribution < 1.29 is 5.11 Å². The Kier molecular flexibility index (Phi) is 4.11. The monoisotopic (exact) mass is 263 g/mol. The topological polar surface area (TPSA) is 62.4 Å². The summed E-state index contributed by atoms with van der Waals surface area (Å²) in [5.41, 5.74) is 7.48. The van der Waals surface area contributed by atoms with Crippen LogP contribution in [0.2, 0.25) is 0 Å². The summed E-state index contributed by atoms with van der Waals surface area (Å²) in [5.74, 6) is 0.442. The molecular formula is C15H25N3O. The lowest BCUT2D eigenvalue weighted by atomic mass is 9.85. The van der Waals surface area contributed by atoms with Crippen LogP contribution in [0.3, 0.4) is 0 Å². The van der Waals surface area contributed by atoms with Crippen LogP contribution in [-0.2, 0) is 0 Å². The lowest BCUT2D eigenvalue weighted by Crippen LogP contribution is -2.49. The summed E-state index contributed by atoms with van der Waals surface area (Å²) in [7, 11) is 0. The van der Waals surface area contributed by atoms with E-state index in [0.29, 0.717) is 5.82 Å². The molecule has 1 aliphatic heterocycles. The molecule has 4 heteroatoms. The van der Waals surface area contributed by atoms with Crippen molar-refractivity contribution in [3.8, 4) is 0 Å². The Morgan fingerprint density at radius 3 is 2.68 bits per heavy atom. The molecule has 0 aliphatic carbocycles. The zero-order valence-corrected chi connectivity index (χ0v) is 12.2. The first-order chi connectivity index (χ1) is 8.99. The van der Waals surface area contributed by atoms with Gasteiger partial charge >= 0.3 is 0 Å². The first-order valence-electron chi connectivity index (χ1n) is 7.14. The molecule has 2 rings (SSSR count). The van der Waals surface area contributed by atoms with E-state index in [-0.39, 0.29) is 5.54 Å². The van der Waals surface area contributed by atoms with Crippen LogP contribution in [0, 0.1) is 6.92 Å². The highest BCUT2D eigenvalue weighted by Crippen LogP contribution is 2.38. The Morgan fingerprint density at radius 1 is 1.47 bits per heavy atom. The number of nitrogens with zero attached hydrogens (tertiary/aromatic N) is 2. The normalized spacial score (nSPS) is 21.3. The minimum atomic E-state index is -0.594. The van der Waals surface area contributed by atoms with E-state index in [0.717, 1.165) is 30.6 Å². The molecule has 3 N–H and O–H groups in total. The van der Waals surface area contributed by atoms with Crippen molar-refractivity contribution in [2.45, 2.75) is 51.7 Å². The summed E-state index contributed by atoms with van der Waals surface area (Å²) in [6, 6.07) is 1.96. The molecule has 0 spiro atoms. The predicted octanol–water partition coefficient (Wildman–Crippen LogP) is 2.27. The number of aliphatic hydroxyl groups excluding tert-OH is 1. The fourth-order valence-corrected chi connectivity index (χ4v) is 2.97. The lowest BCUT2D eigenvalue weighted by Gasteiger charge is -2.42. The van der Waals surface area contributed by atoms with Gasteiger partial charge in [0.05, 0.1) is 0 Å². The van der Waals surface area contributed by atoms with E-state index in [1.54, 1.807) is 6.20 Å². The fourth-order valence-electron chi connectivity index (χ4n) is 2.97. The standard InChI is InChI=1S/C15H25N3O/c1-4-15(3,18-7-5-6-8-18)13(19)12-9-11(2)10-17-14(12)16/h9-10,13,19H,4-8H2,1-3H3,(H2,16,17). The van der Waals surface area contributed by atoms with E-state index in [1.807, 2.05) is 13.0 Å². The fraction of sp³-hybridized carbons (Fsp3) is 0.667. The van der Waals surface area contributed by atoms with Gasteiger partial charge in [0.25, 0.3) is 0 Å². The molecule has 0 saturated carbocycles. The number of pyridine rings is 1. The third kappa shape index (κ3) is 2.60. The third-order valence-electron chi connectivity index (χ3n) is 4.51. The number of aromatic nitrogens is 1. The summed E-state index contributed by atoms with van der Waals surface area (Å²) >= 11 is 0. The number of aliphatic hydroxyl groups is 1. The molecular weight excluding hydrogens is 238 g/mol. The minimum absolute atomic E-state index is 0.264. The Hall–Kier alpha value is -1.13. The van der Waals surface area contributed by atoms with Crippen LogP contribution in [0.1, 0.15) is 50.3 Å². The highest BCUT2D eigenvalue weighted by Gasteiger charge is 2.40. The van der Waals surface area contributed by atoms with Crippen molar-refractivity contribution in [3.63, 3.8) is 0 Å². The molecule has 2 atom stereocenters. The summed E-state index contributed by atoms with van der Waals surface area (Å²) in [4.78, 5) is 6.56. The van der Waals surface area contributed by atoms with Crippen LogP contribution in [0.15, 0.2) is 12.3 Å². The molecule has 0 radical (unpaired) electrons. The number of nitrogens with two attached hydrogens (primary N) is 1. The largest absolute Gasteiger partial charge is 0.386 e. The number of likely N-dealkylation sites (tertiary alicyclic amines) is 1. The molecule has 0 aromatic carbocycles. The first-order valence-corrected chi connectivity index (χ1v) is 7.14. The van der Waals surface area contributed by atoms with Gasteiger partial charge < -0.3 is 10.8 Å². The molecule has 1 fully saturated rings. The van der Waals surface area contributed by atoms with Gasteiger partial charge in [0, 0.05) is 17.3 Å². The maximum Gasteiger partial charge on any atom is 0.129 e. The van der Waals surface area contributed by atoms with Crippen molar-refractivity contribution in [2.75, 3.05) is 18.8 Å². The smallest absolute Gasteiger partial charge is 0.129 e. The van der Waals surface area contributed by atoms with Crippen LogP contribution >= 0.6 is 0 Å². The molecule has 2 unspecified atom stereocenters. The van der Waals surface area contributed by atoms with Crippen molar-refractivity contribution >= 4 is 5.82 Å². The van der Waals surface area contributed by atoms with Gasteiger partial charge in [-0.1, -0.05) is 6.92 Å². The Labute approximate surface area is 115 Å². The molecule has 4 nitrogen and oxygen atoms in total. The van der Waals surface area contributed by atoms with Gasteiger partial charge in [-0.2, -0.15) is 0 Å². The summed E-state index contributed by atoms with van der Waals surface area (Å²) in [6.07, 6.45) is 4.46. The van der Waals surface area contributed by atoms with Crippen LogP contribution < -0.4 is 5.73 Å². The van der Waals surface area contributed by atoms with Gasteiger partial charge in [-0.15, -0.1) is 0 Å². The Bertz CT molecular complexity index is 443. The minimum Gasteiger partial charge on any atom is -0.386 e. The van der Waals surface area contributed by atoms with Gasteiger partial charge in [-0.25, -0.2) is 4.98 Å².